The third-order valence-electron chi connectivity index (χ3n) is 3.88. The zero-order valence-corrected chi connectivity index (χ0v) is 14.5. The minimum Gasteiger partial charge on any atom is -0.382 e. The lowest BCUT2D eigenvalue weighted by atomic mass is 10.1. The van der Waals surface area contributed by atoms with Crippen LogP contribution < -0.4 is 0 Å². The molecule has 0 aliphatic heterocycles. The van der Waals surface area contributed by atoms with Crippen molar-refractivity contribution in [3.8, 4) is 0 Å². The summed E-state index contributed by atoms with van der Waals surface area (Å²) < 4.78 is 13.9. The molecule has 0 amide bonds. The van der Waals surface area contributed by atoms with Gasteiger partial charge in [-0.05, 0) is 36.4 Å². The molecule has 1 aromatic heterocycles. The molecule has 23 heavy (non-hydrogen) atoms. The lowest BCUT2D eigenvalue weighted by Gasteiger charge is -2.08. The van der Waals surface area contributed by atoms with E-state index in [4.69, 9.17) is 9.47 Å². The van der Waals surface area contributed by atoms with Crippen LogP contribution in [0.2, 0.25) is 0 Å². The van der Waals surface area contributed by atoms with Crippen LogP contribution in [0.25, 0.3) is 21.8 Å². The zero-order valence-electron chi connectivity index (χ0n) is 12.9. The Balaban J connectivity index is 2.02. The number of aromatic nitrogens is 1. The van der Waals surface area contributed by atoms with E-state index in [-0.39, 0.29) is 0 Å². The van der Waals surface area contributed by atoms with Gasteiger partial charge in [-0.2, -0.15) is 0 Å². The first kappa shape index (κ1) is 16.2. The summed E-state index contributed by atoms with van der Waals surface area (Å²) in [6.07, 6.45) is 0.883. The number of carbonyl (C=O) groups excluding carboxylic acids is 1. The number of fused-ring (bicyclic) bond motifs is 3. The number of nitrogens with zero attached hydrogens (tertiary/aromatic N) is 1. The summed E-state index contributed by atoms with van der Waals surface area (Å²) in [5.41, 5.74) is 2.94. The number of benzene rings is 2. The Labute approximate surface area is 143 Å². The first-order valence-corrected chi connectivity index (χ1v) is 8.27. The zero-order chi connectivity index (χ0) is 16.2. The van der Waals surface area contributed by atoms with Crippen LogP contribution in [-0.4, -0.2) is 37.8 Å². The van der Waals surface area contributed by atoms with Crippen LogP contribution in [0.4, 0.5) is 0 Å². The summed E-state index contributed by atoms with van der Waals surface area (Å²) in [6.45, 7) is 2.57. The molecule has 0 saturated heterocycles. The van der Waals surface area contributed by atoms with E-state index < -0.39 is 0 Å². The summed E-state index contributed by atoms with van der Waals surface area (Å²) in [7, 11) is 1.67. The Bertz CT molecular complexity index is 841. The van der Waals surface area contributed by atoms with Crippen molar-refractivity contribution in [2.75, 3.05) is 26.9 Å². The van der Waals surface area contributed by atoms with E-state index >= 15 is 0 Å². The van der Waals surface area contributed by atoms with Crippen molar-refractivity contribution in [1.82, 2.24) is 4.57 Å². The molecule has 0 unspecified atom stereocenters. The van der Waals surface area contributed by atoms with Gasteiger partial charge in [-0.25, -0.2) is 0 Å². The molecule has 0 N–H and O–H groups in total. The highest BCUT2D eigenvalue weighted by Gasteiger charge is 2.11. The van der Waals surface area contributed by atoms with Gasteiger partial charge < -0.3 is 14.0 Å². The minimum atomic E-state index is 0.592. The molecule has 3 aromatic rings. The second kappa shape index (κ2) is 7.25. The van der Waals surface area contributed by atoms with E-state index in [0.29, 0.717) is 25.4 Å². The van der Waals surface area contributed by atoms with Crippen molar-refractivity contribution in [3.63, 3.8) is 0 Å². The third-order valence-corrected chi connectivity index (χ3v) is 4.37. The molecule has 0 saturated carbocycles. The summed E-state index contributed by atoms with van der Waals surface area (Å²) in [5, 5.41) is 2.22. The highest BCUT2D eigenvalue weighted by atomic mass is 79.9. The van der Waals surface area contributed by atoms with Crippen molar-refractivity contribution >= 4 is 44.0 Å². The molecule has 120 valence electrons. The van der Waals surface area contributed by atoms with Crippen molar-refractivity contribution in [1.29, 1.82) is 0 Å². The molecular formula is C18H18BrNO3. The average molecular weight is 376 g/mol. The molecule has 0 spiro atoms. The quantitative estimate of drug-likeness (QED) is 0.462. The summed E-state index contributed by atoms with van der Waals surface area (Å²) in [6, 6.07) is 12.0. The number of aldehydes is 1. The van der Waals surface area contributed by atoms with Crippen molar-refractivity contribution in [2.24, 2.45) is 0 Å². The molecular weight excluding hydrogens is 358 g/mol. The number of methoxy groups -OCH3 is 1. The Morgan fingerprint density at radius 3 is 2.52 bits per heavy atom. The van der Waals surface area contributed by atoms with Gasteiger partial charge in [0.1, 0.15) is 6.29 Å². The maximum atomic E-state index is 11.1. The van der Waals surface area contributed by atoms with Crippen LogP contribution in [0.1, 0.15) is 10.4 Å². The first-order chi connectivity index (χ1) is 11.2. The molecule has 0 aliphatic carbocycles. The fourth-order valence-corrected chi connectivity index (χ4v) is 3.17. The molecule has 0 radical (unpaired) electrons. The van der Waals surface area contributed by atoms with Gasteiger partial charge in [-0.15, -0.1) is 0 Å². The molecule has 0 fully saturated rings. The predicted octanol–water partition coefficient (Wildman–Crippen LogP) is 4.03. The standard InChI is InChI=1S/C18H18BrNO3/c1-22-8-9-23-7-6-20-17-4-2-13(12-21)10-15(17)16-11-14(19)3-5-18(16)20/h2-5,10-12H,6-9H2,1H3. The highest BCUT2D eigenvalue weighted by molar-refractivity contribution is 9.10. The van der Waals surface area contributed by atoms with Crippen LogP contribution in [0.5, 0.6) is 0 Å². The minimum absolute atomic E-state index is 0.592. The summed E-state index contributed by atoms with van der Waals surface area (Å²) in [4.78, 5) is 11.1. The number of halogens is 1. The number of hydrogen-bond acceptors (Lipinski definition) is 3. The van der Waals surface area contributed by atoms with Crippen LogP contribution in [0, 0.1) is 0 Å². The Kier molecular flexibility index (Phi) is 5.10. The van der Waals surface area contributed by atoms with Gasteiger partial charge in [0, 0.05) is 45.5 Å². The molecule has 1 heterocycles. The Morgan fingerprint density at radius 2 is 1.78 bits per heavy atom. The van der Waals surface area contributed by atoms with E-state index in [2.05, 4.69) is 32.6 Å². The molecule has 3 rings (SSSR count). The monoisotopic (exact) mass is 375 g/mol. The number of ether oxygens (including phenoxy) is 2. The highest BCUT2D eigenvalue weighted by Crippen LogP contribution is 2.31. The largest absolute Gasteiger partial charge is 0.382 e. The van der Waals surface area contributed by atoms with Gasteiger partial charge in [0.05, 0.1) is 19.8 Å². The second-order valence-corrected chi connectivity index (χ2v) is 6.23. The third kappa shape index (κ3) is 3.32. The molecule has 0 atom stereocenters. The Hall–Kier alpha value is -1.69. The fraction of sp³-hybridized carbons (Fsp3) is 0.278. The van der Waals surface area contributed by atoms with Crippen molar-refractivity contribution in [2.45, 2.75) is 6.54 Å². The van der Waals surface area contributed by atoms with Crippen LogP contribution >= 0.6 is 15.9 Å². The van der Waals surface area contributed by atoms with Crippen molar-refractivity contribution in [3.05, 3.63) is 46.4 Å². The second-order valence-electron chi connectivity index (χ2n) is 5.31. The first-order valence-electron chi connectivity index (χ1n) is 7.48. The van der Waals surface area contributed by atoms with Gasteiger partial charge >= 0.3 is 0 Å². The van der Waals surface area contributed by atoms with E-state index in [1.165, 1.54) is 0 Å². The van der Waals surface area contributed by atoms with Gasteiger partial charge in [0.2, 0.25) is 0 Å². The fourth-order valence-electron chi connectivity index (χ4n) is 2.81. The van der Waals surface area contributed by atoms with Crippen LogP contribution in [-0.2, 0) is 16.0 Å². The number of carbonyl (C=O) groups is 1. The summed E-state index contributed by atoms with van der Waals surface area (Å²) >= 11 is 3.53. The van der Waals surface area contributed by atoms with Crippen LogP contribution in [0.3, 0.4) is 0 Å². The smallest absolute Gasteiger partial charge is 0.150 e. The SMILES string of the molecule is COCCOCCn1c2ccc(Br)cc2c2cc(C=O)ccc21. The molecule has 2 aromatic carbocycles. The molecule has 0 aliphatic rings. The van der Waals surface area contributed by atoms with Gasteiger partial charge in [-0.3, -0.25) is 4.79 Å². The van der Waals surface area contributed by atoms with Gasteiger partial charge in [0.25, 0.3) is 0 Å². The molecule has 0 bridgehead atoms. The topological polar surface area (TPSA) is 40.5 Å². The lowest BCUT2D eigenvalue weighted by molar-refractivity contribution is 0.0673. The maximum absolute atomic E-state index is 11.1. The van der Waals surface area contributed by atoms with E-state index in [0.717, 1.165) is 39.1 Å². The molecule has 5 heteroatoms. The van der Waals surface area contributed by atoms with Crippen LogP contribution in [0.15, 0.2) is 40.9 Å². The summed E-state index contributed by atoms with van der Waals surface area (Å²) in [5.74, 6) is 0. The van der Waals surface area contributed by atoms with Gasteiger partial charge in [0.15, 0.2) is 0 Å². The predicted molar refractivity (Wildman–Crippen MR) is 95.2 cm³/mol. The average Bonchev–Trinajstić information content (AvgIpc) is 2.87. The van der Waals surface area contributed by atoms with Gasteiger partial charge in [-0.1, -0.05) is 15.9 Å². The number of rotatable bonds is 7. The Morgan fingerprint density at radius 1 is 1.04 bits per heavy atom. The van der Waals surface area contributed by atoms with Crippen molar-refractivity contribution < 1.29 is 14.3 Å². The van der Waals surface area contributed by atoms with E-state index in [1.54, 1.807) is 7.11 Å². The van der Waals surface area contributed by atoms with E-state index in [1.807, 2.05) is 24.3 Å². The molecule has 4 nitrogen and oxygen atoms in total. The van der Waals surface area contributed by atoms with E-state index in [9.17, 15) is 4.79 Å². The maximum Gasteiger partial charge on any atom is 0.150 e. The lowest BCUT2D eigenvalue weighted by Crippen LogP contribution is -2.09. The normalized spacial score (nSPS) is 11.4. The number of hydrogen-bond donors (Lipinski definition) is 0.